The van der Waals surface area contributed by atoms with Gasteiger partial charge in [-0.2, -0.15) is 0 Å². The molecule has 0 spiro atoms. The van der Waals surface area contributed by atoms with Crippen molar-refractivity contribution >= 4 is 49.2 Å². The molecule has 1 aromatic carbocycles. The lowest BCUT2D eigenvalue weighted by molar-refractivity contribution is 0.142. The number of anilines is 3. The van der Waals surface area contributed by atoms with E-state index in [0.717, 1.165) is 22.0 Å². The van der Waals surface area contributed by atoms with Crippen LogP contribution in [0.1, 0.15) is 26.3 Å². The van der Waals surface area contributed by atoms with E-state index in [-0.39, 0.29) is 5.16 Å². The first-order valence-corrected chi connectivity index (χ1v) is 12.4. The monoisotopic (exact) mass is 511 g/mol. The van der Waals surface area contributed by atoms with Gasteiger partial charge in [0.15, 0.2) is 0 Å². The Labute approximate surface area is 190 Å². The number of benzene rings is 1. The van der Waals surface area contributed by atoms with E-state index in [4.69, 9.17) is 0 Å². The zero-order chi connectivity index (χ0) is 23.0. The van der Waals surface area contributed by atoms with Crippen LogP contribution in [-0.4, -0.2) is 66.9 Å². The molecule has 11 heteroatoms. The second-order valence-electron chi connectivity index (χ2n) is 8.46. The Morgan fingerprint density at radius 3 is 2.16 bits per heavy atom. The van der Waals surface area contributed by atoms with Gasteiger partial charge in [0.25, 0.3) is 5.16 Å². The molecule has 1 saturated heterocycles. The predicted molar refractivity (Wildman–Crippen MR) is 123 cm³/mol. The van der Waals surface area contributed by atoms with E-state index in [2.05, 4.69) is 31.2 Å². The molecule has 1 aliphatic heterocycles. The summed E-state index contributed by atoms with van der Waals surface area (Å²) in [5.41, 5.74) is 1.12. The number of nitrogens with zero attached hydrogens (tertiary/aromatic N) is 4. The Morgan fingerprint density at radius 1 is 1.10 bits per heavy atom. The van der Waals surface area contributed by atoms with Crippen molar-refractivity contribution in [3.63, 3.8) is 0 Å². The van der Waals surface area contributed by atoms with Gasteiger partial charge < -0.3 is 20.2 Å². The fourth-order valence-corrected chi connectivity index (χ4v) is 4.16. The molecule has 1 aliphatic rings. The minimum atomic E-state index is -3.67. The van der Waals surface area contributed by atoms with E-state index in [0.29, 0.717) is 37.8 Å². The number of hydrogen-bond acceptors (Lipinski definition) is 7. The zero-order valence-corrected chi connectivity index (χ0v) is 20.3. The lowest BCUT2D eigenvalue weighted by Gasteiger charge is -2.37. The third-order valence-electron chi connectivity index (χ3n) is 4.91. The van der Waals surface area contributed by atoms with Crippen molar-refractivity contribution in [2.24, 2.45) is 0 Å². The highest BCUT2D eigenvalue weighted by Crippen LogP contribution is 2.38. The first-order chi connectivity index (χ1) is 14.4. The SMILES string of the molecule is CC(C)(C)c1c(Nc2ccc(Br)cc2)nc(S(C)(=O)=O)nc1N1CCN(C(=O)O)CC1. The summed E-state index contributed by atoms with van der Waals surface area (Å²) in [6.45, 7) is 7.47. The highest BCUT2D eigenvalue weighted by atomic mass is 79.9. The maximum absolute atomic E-state index is 12.4. The molecule has 31 heavy (non-hydrogen) atoms. The molecule has 2 N–H and O–H groups in total. The predicted octanol–water partition coefficient (Wildman–Crippen LogP) is 3.48. The van der Waals surface area contributed by atoms with E-state index < -0.39 is 21.3 Å². The molecule has 9 nitrogen and oxygen atoms in total. The van der Waals surface area contributed by atoms with Crippen molar-refractivity contribution in [2.45, 2.75) is 31.3 Å². The molecule has 3 rings (SSSR count). The first-order valence-electron chi connectivity index (χ1n) is 9.74. The van der Waals surface area contributed by atoms with Crippen molar-refractivity contribution < 1.29 is 18.3 Å². The highest BCUT2D eigenvalue weighted by molar-refractivity contribution is 9.10. The van der Waals surface area contributed by atoms with Crippen LogP contribution in [0.25, 0.3) is 0 Å². The largest absolute Gasteiger partial charge is 0.465 e. The van der Waals surface area contributed by atoms with Gasteiger partial charge in [0.1, 0.15) is 11.6 Å². The van der Waals surface area contributed by atoms with Crippen LogP contribution in [0, 0.1) is 0 Å². The lowest BCUT2D eigenvalue weighted by Crippen LogP contribution is -2.49. The van der Waals surface area contributed by atoms with Crippen molar-refractivity contribution in [3.05, 3.63) is 34.3 Å². The average molecular weight is 512 g/mol. The number of piperazine rings is 1. The quantitative estimate of drug-likeness (QED) is 0.599. The molecule has 168 valence electrons. The van der Waals surface area contributed by atoms with Gasteiger partial charge >= 0.3 is 6.09 Å². The number of halogens is 1. The fraction of sp³-hybridized carbons (Fsp3) is 0.450. The summed E-state index contributed by atoms with van der Waals surface area (Å²) >= 11 is 3.41. The Balaban J connectivity index is 2.13. The topological polar surface area (TPSA) is 116 Å². The van der Waals surface area contributed by atoms with Gasteiger partial charge in [-0.1, -0.05) is 36.7 Å². The maximum Gasteiger partial charge on any atom is 0.407 e. The number of carbonyl (C=O) groups is 1. The normalized spacial score (nSPS) is 15.1. The molecule has 0 atom stereocenters. The van der Waals surface area contributed by atoms with Crippen LogP contribution in [0.3, 0.4) is 0 Å². The highest BCUT2D eigenvalue weighted by Gasteiger charge is 2.32. The summed E-state index contributed by atoms with van der Waals surface area (Å²) in [4.78, 5) is 23.4. The summed E-state index contributed by atoms with van der Waals surface area (Å²) < 4.78 is 25.6. The number of aromatic nitrogens is 2. The summed E-state index contributed by atoms with van der Waals surface area (Å²) in [6.07, 6.45) is 0.113. The molecular weight excluding hydrogens is 486 g/mol. The Hall–Kier alpha value is -2.40. The number of amides is 1. The minimum absolute atomic E-state index is 0.268. The molecule has 0 aliphatic carbocycles. The Kier molecular flexibility index (Phi) is 6.47. The molecule has 2 heterocycles. The number of hydrogen-bond donors (Lipinski definition) is 2. The fourth-order valence-electron chi connectivity index (χ4n) is 3.38. The van der Waals surface area contributed by atoms with Crippen molar-refractivity contribution in [1.29, 1.82) is 0 Å². The van der Waals surface area contributed by atoms with Gasteiger partial charge in [-0.05, 0) is 29.7 Å². The standard InChI is InChI=1S/C20H26BrN5O4S/c1-20(2,3)15-16(22-14-7-5-13(21)6-8-14)23-18(31(4,29)30)24-17(15)25-9-11-26(12-10-25)19(27)28/h5-8H,9-12H2,1-4H3,(H,27,28)(H,22,23,24). The van der Waals surface area contributed by atoms with Crippen molar-refractivity contribution in [2.75, 3.05) is 42.7 Å². The van der Waals surface area contributed by atoms with Gasteiger partial charge in [-0.15, -0.1) is 0 Å². The Bertz CT molecular complexity index is 1080. The van der Waals surface area contributed by atoms with Gasteiger partial charge in [0, 0.05) is 48.2 Å². The molecule has 1 amide bonds. The lowest BCUT2D eigenvalue weighted by atomic mass is 9.86. The van der Waals surface area contributed by atoms with Crippen LogP contribution in [0.2, 0.25) is 0 Å². The van der Waals surface area contributed by atoms with E-state index >= 15 is 0 Å². The Morgan fingerprint density at radius 2 is 1.68 bits per heavy atom. The molecule has 1 aromatic heterocycles. The number of rotatable bonds is 4. The third-order valence-corrected chi connectivity index (χ3v) is 6.28. The molecular formula is C20H26BrN5O4S. The molecule has 1 fully saturated rings. The van der Waals surface area contributed by atoms with Crippen LogP contribution in [0.5, 0.6) is 0 Å². The van der Waals surface area contributed by atoms with Crippen molar-refractivity contribution in [3.8, 4) is 0 Å². The molecule has 0 bridgehead atoms. The number of nitrogens with one attached hydrogen (secondary N) is 1. The summed E-state index contributed by atoms with van der Waals surface area (Å²) in [7, 11) is -3.67. The van der Waals surface area contributed by atoms with E-state index in [1.54, 1.807) is 0 Å². The second-order valence-corrected chi connectivity index (χ2v) is 11.3. The smallest absolute Gasteiger partial charge is 0.407 e. The molecule has 0 unspecified atom stereocenters. The minimum Gasteiger partial charge on any atom is -0.465 e. The van der Waals surface area contributed by atoms with Crippen molar-refractivity contribution in [1.82, 2.24) is 14.9 Å². The third kappa shape index (κ3) is 5.45. The van der Waals surface area contributed by atoms with Gasteiger partial charge in [0.2, 0.25) is 9.84 Å². The average Bonchev–Trinajstić information content (AvgIpc) is 2.67. The van der Waals surface area contributed by atoms with Gasteiger partial charge in [-0.3, -0.25) is 0 Å². The van der Waals surface area contributed by atoms with Crippen LogP contribution in [-0.2, 0) is 15.3 Å². The first kappa shape index (κ1) is 23.3. The number of sulfone groups is 1. The second kappa shape index (κ2) is 8.62. The molecule has 0 radical (unpaired) electrons. The van der Waals surface area contributed by atoms with Gasteiger partial charge in [-0.25, -0.2) is 23.2 Å². The molecule has 2 aromatic rings. The van der Waals surface area contributed by atoms with Gasteiger partial charge in [0.05, 0.1) is 0 Å². The van der Waals surface area contributed by atoms with E-state index in [9.17, 15) is 18.3 Å². The van der Waals surface area contributed by atoms with Crippen LogP contribution >= 0.6 is 15.9 Å². The van der Waals surface area contributed by atoms with E-state index in [1.165, 1.54) is 4.90 Å². The number of carboxylic acid groups (broad SMARTS) is 1. The van der Waals surface area contributed by atoms with E-state index in [1.807, 2.05) is 49.9 Å². The van der Waals surface area contributed by atoms with Crippen LogP contribution in [0.4, 0.5) is 22.1 Å². The zero-order valence-electron chi connectivity index (χ0n) is 17.9. The summed E-state index contributed by atoms with van der Waals surface area (Å²) in [6, 6.07) is 7.49. The summed E-state index contributed by atoms with van der Waals surface area (Å²) in [5, 5.41) is 12.2. The molecule has 0 saturated carbocycles. The van der Waals surface area contributed by atoms with Crippen LogP contribution in [0.15, 0.2) is 33.9 Å². The summed E-state index contributed by atoms with van der Waals surface area (Å²) in [5.74, 6) is 0.925. The van der Waals surface area contributed by atoms with Crippen LogP contribution < -0.4 is 10.2 Å². The maximum atomic E-state index is 12.4.